The number of carbonyl (C=O) groups is 1. The molecule has 1 N–H and O–H groups in total. The van der Waals surface area contributed by atoms with Crippen molar-refractivity contribution in [3.63, 3.8) is 0 Å². The number of rotatable bonds is 4. The number of carbonyl (C=O) groups excluding carboxylic acids is 1. The van der Waals surface area contributed by atoms with E-state index in [9.17, 15) is 4.79 Å². The lowest BCUT2D eigenvalue weighted by Crippen LogP contribution is -2.11. The van der Waals surface area contributed by atoms with Gasteiger partial charge in [0, 0.05) is 18.1 Å². The number of thiazole rings is 1. The van der Waals surface area contributed by atoms with Gasteiger partial charge >= 0.3 is 0 Å². The molecule has 2 aromatic carbocycles. The van der Waals surface area contributed by atoms with E-state index in [1.165, 1.54) is 22.5 Å². The first-order chi connectivity index (χ1) is 13.6. The van der Waals surface area contributed by atoms with Crippen molar-refractivity contribution in [2.75, 3.05) is 5.32 Å². The molecule has 0 aliphatic heterocycles. The van der Waals surface area contributed by atoms with Crippen molar-refractivity contribution >= 4 is 33.8 Å². The van der Waals surface area contributed by atoms with E-state index in [0.717, 1.165) is 28.8 Å². The van der Waals surface area contributed by atoms with Gasteiger partial charge in [0.2, 0.25) is 0 Å². The first kappa shape index (κ1) is 19.8. The second-order valence-corrected chi connectivity index (χ2v) is 7.25. The number of aryl methyl sites for hydroxylation is 2. The molecule has 0 saturated carbocycles. The minimum absolute atomic E-state index is 0.108. The first-order valence-corrected chi connectivity index (χ1v) is 10.3. The topological polar surface area (TPSA) is 46.9 Å². The number of fused-ring (bicyclic) bond motifs is 1. The van der Waals surface area contributed by atoms with E-state index in [1.54, 1.807) is 5.51 Å². The van der Waals surface area contributed by atoms with Crippen LogP contribution in [0.5, 0.6) is 0 Å². The maximum atomic E-state index is 12.6. The van der Waals surface area contributed by atoms with Crippen molar-refractivity contribution in [2.24, 2.45) is 0 Å². The zero-order chi connectivity index (χ0) is 20.1. The average Bonchev–Trinajstić information content (AvgIpc) is 3.29. The summed E-state index contributed by atoms with van der Waals surface area (Å²) in [5.74, 6) is -0.108. The van der Waals surface area contributed by atoms with Crippen molar-refractivity contribution in [3.05, 3.63) is 81.9 Å². The molecule has 4 nitrogen and oxygen atoms in total. The smallest absolute Gasteiger partial charge is 0.267 e. The van der Waals surface area contributed by atoms with Gasteiger partial charge in [-0.15, -0.1) is 11.3 Å². The van der Waals surface area contributed by atoms with E-state index in [1.807, 2.05) is 45.2 Å². The van der Waals surface area contributed by atoms with Crippen LogP contribution in [-0.4, -0.2) is 15.5 Å². The highest BCUT2D eigenvalue weighted by Crippen LogP contribution is 2.28. The molecule has 0 aliphatic rings. The third-order valence-corrected chi connectivity index (χ3v) is 5.39. The maximum Gasteiger partial charge on any atom is 0.267 e. The summed E-state index contributed by atoms with van der Waals surface area (Å²) in [6, 6.07) is 16.7. The van der Waals surface area contributed by atoms with Gasteiger partial charge in [0.25, 0.3) is 5.91 Å². The Bertz CT molecular complexity index is 1080. The summed E-state index contributed by atoms with van der Waals surface area (Å²) in [5.41, 5.74) is 6.86. The van der Waals surface area contributed by atoms with Crippen LogP contribution in [0.1, 0.15) is 40.3 Å². The molecule has 0 atom stereocenters. The van der Waals surface area contributed by atoms with Gasteiger partial charge in [-0.2, -0.15) is 0 Å². The third kappa shape index (κ3) is 4.15. The molecule has 0 spiro atoms. The van der Waals surface area contributed by atoms with Gasteiger partial charge in [0.05, 0.1) is 22.4 Å². The summed E-state index contributed by atoms with van der Waals surface area (Å²) in [5, 5.41) is 4.09. The Hall–Kier alpha value is -2.92. The van der Waals surface area contributed by atoms with E-state index in [4.69, 9.17) is 0 Å². The maximum absolute atomic E-state index is 12.6. The molecule has 0 radical (unpaired) electrons. The zero-order valence-corrected chi connectivity index (χ0v) is 17.5. The second kappa shape index (κ2) is 8.85. The van der Waals surface area contributed by atoms with Crippen LogP contribution in [-0.2, 0) is 6.54 Å². The lowest BCUT2D eigenvalue weighted by molar-refractivity contribution is 0.103. The predicted molar refractivity (Wildman–Crippen MR) is 118 cm³/mol. The number of aromatic nitrogens is 2. The van der Waals surface area contributed by atoms with Crippen LogP contribution in [0.4, 0.5) is 5.69 Å². The molecule has 1 amide bonds. The molecule has 0 saturated heterocycles. The number of amides is 1. The van der Waals surface area contributed by atoms with Crippen LogP contribution in [0.25, 0.3) is 10.9 Å². The van der Waals surface area contributed by atoms with E-state index in [0.29, 0.717) is 4.88 Å². The predicted octanol–water partition coefficient (Wildman–Crippen LogP) is 6.04. The van der Waals surface area contributed by atoms with Gasteiger partial charge in [-0.1, -0.05) is 61.9 Å². The summed E-state index contributed by atoms with van der Waals surface area (Å²) in [4.78, 5) is 17.4. The fourth-order valence-corrected chi connectivity index (χ4v) is 3.76. The van der Waals surface area contributed by atoms with Gasteiger partial charge in [0.1, 0.15) is 4.88 Å². The fraction of sp³-hybridized carbons (Fsp3) is 0.217. The van der Waals surface area contributed by atoms with Gasteiger partial charge in [-0.05, 0) is 25.5 Å². The number of hydrogen-bond acceptors (Lipinski definition) is 3. The Morgan fingerprint density at radius 1 is 1.07 bits per heavy atom. The molecule has 0 bridgehead atoms. The molecular weight excluding hydrogens is 366 g/mol. The van der Waals surface area contributed by atoms with Crippen LogP contribution in [0.2, 0.25) is 0 Å². The second-order valence-electron chi connectivity index (χ2n) is 6.39. The van der Waals surface area contributed by atoms with Crippen LogP contribution in [0, 0.1) is 13.8 Å². The Balaban J connectivity index is 0.00000109. The third-order valence-electron chi connectivity index (χ3n) is 4.46. The van der Waals surface area contributed by atoms with Crippen LogP contribution < -0.4 is 5.32 Å². The first-order valence-electron chi connectivity index (χ1n) is 9.46. The number of hydrogen-bond donors (Lipinski definition) is 1. The summed E-state index contributed by atoms with van der Waals surface area (Å²) in [6.45, 7) is 8.70. The van der Waals surface area contributed by atoms with Crippen LogP contribution in [0.3, 0.4) is 0 Å². The highest BCUT2D eigenvalue weighted by molar-refractivity contribution is 7.12. The fourth-order valence-electron chi connectivity index (χ4n) is 3.07. The number of nitrogens with zero attached hydrogens (tertiary/aromatic N) is 2. The Labute approximate surface area is 169 Å². The molecule has 4 rings (SSSR count). The van der Waals surface area contributed by atoms with Gasteiger partial charge in [-0.25, -0.2) is 4.98 Å². The standard InChI is InChI=1S/C21H19N3OS.C2H6/c1-14-7-9-16(10-8-14)11-24-12-18(17-5-3-4-6-19(17)24)23-21(25)20-15(2)22-13-26-20;1-2/h3-10,12-13H,11H2,1-2H3,(H,23,25);1-2H3. The lowest BCUT2D eigenvalue weighted by Gasteiger charge is -2.05. The minimum Gasteiger partial charge on any atom is -0.341 e. The highest BCUT2D eigenvalue weighted by atomic mass is 32.1. The Kier molecular flexibility index (Phi) is 6.26. The lowest BCUT2D eigenvalue weighted by atomic mass is 10.1. The summed E-state index contributed by atoms with van der Waals surface area (Å²) >= 11 is 1.36. The molecule has 0 unspecified atom stereocenters. The van der Waals surface area contributed by atoms with Crippen molar-refractivity contribution in [1.29, 1.82) is 0 Å². The van der Waals surface area contributed by atoms with Gasteiger partial charge in [0.15, 0.2) is 0 Å². The molecule has 0 aliphatic carbocycles. The van der Waals surface area contributed by atoms with Crippen LogP contribution >= 0.6 is 11.3 Å². The van der Waals surface area contributed by atoms with Crippen molar-refractivity contribution in [1.82, 2.24) is 9.55 Å². The number of para-hydroxylation sites is 1. The number of anilines is 1. The molecule has 144 valence electrons. The molecule has 2 aromatic heterocycles. The van der Waals surface area contributed by atoms with Gasteiger partial charge < -0.3 is 9.88 Å². The normalized spacial score (nSPS) is 10.4. The van der Waals surface area contributed by atoms with E-state index in [2.05, 4.69) is 52.1 Å². The summed E-state index contributed by atoms with van der Waals surface area (Å²) in [7, 11) is 0. The molecule has 2 heterocycles. The van der Waals surface area contributed by atoms with Crippen LogP contribution in [0.15, 0.2) is 60.2 Å². The number of benzene rings is 2. The highest BCUT2D eigenvalue weighted by Gasteiger charge is 2.15. The van der Waals surface area contributed by atoms with E-state index in [-0.39, 0.29) is 5.91 Å². The summed E-state index contributed by atoms with van der Waals surface area (Å²) in [6.07, 6.45) is 2.01. The molecular formula is C23H25N3OS. The van der Waals surface area contributed by atoms with Gasteiger partial charge in [-0.3, -0.25) is 4.79 Å². The van der Waals surface area contributed by atoms with E-state index >= 15 is 0 Å². The minimum atomic E-state index is -0.108. The Morgan fingerprint density at radius 2 is 1.79 bits per heavy atom. The average molecular weight is 392 g/mol. The molecule has 0 fully saturated rings. The molecule has 28 heavy (non-hydrogen) atoms. The monoisotopic (exact) mass is 391 g/mol. The molecule has 5 heteroatoms. The largest absolute Gasteiger partial charge is 0.341 e. The van der Waals surface area contributed by atoms with Crippen molar-refractivity contribution in [3.8, 4) is 0 Å². The summed E-state index contributed by atoms with van der Waals surface area (Å²) < 4.78 is 2.18. The number of nitrogens with one attached hydrogen (secondary N) is 1. The van der Waals surface area contributed by atoms with Crippen molar-refractivity contribution in [2.45, 2.75) is 34.2 Å². The zero-order valence-electron chi connectivity index (χ0n) is 16.7. The van der Waals surface area contributed by atoms with E-state index < -0.39 is 0 Å². The SMILES string of the molecule is CC.Cc1ccc(Cn2cc(NC(=O)c3scnc3C)c3ccccc32)cc1. The quantitative estimate of drug-likeness (QED) is 0.461. The van der Waals surface area contributed by atoms with Crippen molar-refractivity contribution < 1.29 is 4.79 Å². The molecule has 4 aromatic rings. The Morgan fingerprint density at radius 3 is 2.46 bits per heavy atom.